The Bertz CT molecular complexity index is 1050. The number of methoxy groups -OCH3 is 1. The summed E-state index contributed by atoms with van der Waals surface area (Å²) in [7, 11) is 1.31. The molecule has 0 amide bonds. The highest BCUT2D eigenvalue weighted by Crippen LogP contribution is 2.34. The number of furan rings is 1. The maximum Gasteiger partial charge on any atom is 0.338 e. The van der Waals surface area contributed by atoms with Gasteiger partial charge in [0.05, 0.1) is 27.6 Å². The highest BCUT2D eigenvalue weighted by atomic mass is 35.5. The molecule has 28 heavy (non-hydrogen) atoms. The normalized spacial score (nSPS) is 10.5. The van der Waals surface area contributed by atoms with Gasteiger partial charge in [-0.2, -0.15) is 0 Å². The second-order valence-corrected chi connectivity index (χ2v) is 6.37. The van der Waals surface area contributed by atoms with E-state index in [-0.39, 0.29) is 23.6 Å². The number of nitro groups is 1. The quantitative estimate of drug-likeness (QED) is 0.295. The van der Waals surface area contributed by atoms with Gasteiger partial charge in [-0.1, -0.05) is 29.3 Å². The molecule has 0 unspecified atom stereocenters. The van der Waals surface area contributed by atoms with Crippen LogP contribution in [0, 0.1) is 10.1 Å². The first-order chi connectivity index (χ1) is 13.4. The molecule has 0 aliphatic rings. The van der Waals surface area contributed by atoms with E-state index in [1.165, 1.54) is 19.2 Å². The molecule has 7 nitrogen and oxygen atoms in total. The van der Waals surface area contributed by atoms with Gasteiger partial charge in [0.15, 0.2) is 5.75 Å². The maximum absolute atomic E-state index is 12.2. The first-order valence-corrected chi connectivity index (χ1v) is 8.69. The van der Waals surface area contributed by atoms with Crippen LogP contribution in [0.3, 0.4) is 0 Å². The lowest BCUT2D eigenvalue weighted by molar-refractivity contribution is -0.385. The van der Waals surface area contributed by atoms with Gasteiger partial charge < -0.3 is 13.9 Å². The topological polar surface area (TPSA) is 91.8 Å². The summed E-state index contributed by atoms with van der Waals surface area (Å²) in [6.07, 6.45) is 0. The number of hydrogen-bond donors (Lipinski definition) is 0. The monoisotopic (exact) mass is 421 g/mol. The van der Waals surface area contributed by atoms with Gasteiger partial charge in [0.1, 0.15) is 18.1 Å². The summed E-state index contributed by atoms with van der Waals surface area (Å²) < 4.78 is 15.7. The fourth-order valence-corrected chi connectivity index (χ4v) is 2.87. The van der Waals surface area contributed by atoms with Crippen molar-refractivity contribution in [3.05, 3.63) is 80.0 Å². The minimum absolute atomic E-state index is 0.0252. The zero-order valence-corrected chi connectivity index (χ0v) is 16.0. The maximum atomic E-state index is 12.2. The molecular weight excluding hydrogens is 409 g/mol. The van der Waals surface area contributed by atoms with Crippen molar-refractivity contribution in [2.24, 2.45) is 0 Å². The van der Waals surface area contributed by atoms with E-state index in [0.717, 1.165) is 6.07 Å². The lowest BCUT2D eigenvalue weighted by Crippen LogP contribution is -2.06. The zero-order valence-electron chi connectivity index (χ0n) is 14.5. The Balaban J connectivity index is 1.72. The number of rotatable bonds is 6. The molecule has 0 aliphatic carbocycles. The number of carbonyl (C=O) groups excluding carboxylic acids is 1. The molecule has 1 heterocycles. The fourth-order valence-electron chi connectivity index (χ4n) is 2.47. The van der Waals surface area contributed by atoms with Crippen molar-refractivity contribution in [1.82, 2.24) is 0 Å². The molecule has 0 spiro atoms. The zero-order chi connectivity index (χ0) is 20.3. The van der Waals surface area contributed by atoms with Crippen LogP contribution < -0.4 is 4.74 Å². The van der Waals surface area contributed by atoms with Crippen LogP contribution in [0.2, 0.25) is 10.0 Å². The predicted molar refractivity (Wildman–Crippen MR) is 103 cm³/mol. The van der Waals surface area contributed by atoms with Crippen LogP contribution in [-0.4, -0.2) is 18.0 Å². The number of esters is 1. The molecule has 1 aromatic heterocycles. The Kier molecular flexibility index (Phi) is 5.87. The third-order valence-corrected chi connectivity index (χ3v) is 4.65. The Labute approximate surface area is 169 Å². The van der Waals surface area contributed by atoms with Gasteiger partial charge in [-0.15, -0.1) is 0 Å². The standard InChI is InChI=1S/C19H13Cl2NO6/c1-26-17-7-5-11(9-15(17)22(24)25)19(23)27-10-12-6-8-16(28-12)13-3-2-4-14(20)18(13)21/h2-9H,10H2,1H3. The van der Waals surface area contributed by atoms with E-state index >= 15 is 0 Å². The lowest BCUT2D eigenvalue weighted by atomic mass is 10.2. The smallest absolute Gasteiger partial charge is 0.338 e. The largest absolute Gasteiger partial charge is 0.490 e. The van der Waals surface area contributed by atoms with Crippen LogP contribution >= 0.6 is 23.2 Å². The molecule has 0 saturated carbocycles. The Morgan fingerprint density at radius 1 is 1.18 bits per heavy atom. The van der Waals surface area contributed by atoms with Crippen molar-refractivity contribution in [3.63, 3.8) is 0 Å². The highest BCUT2D eigenvalue weighted by molar-refractivity contribution is 6.43. The van der Waals surface area contributed by atoms with Crippen LogP contribution in [0.5, 0.6) is 5.75 Å². The summed E-state index contributed by atoms with van der Waals surface area (Å²) in [6, 6.07) is 12.3. The number of halogens is 2. The van der Waals surface area contributed by atoms with Crippen molar-refractivity contribution in [3.8, 4) is 17.1 Å². The van der Waals surface area contributed by atoms with E-state index in [1.807, 2.05) is 0 Å². The molecule has 0 radical (unpaired) electrons. The Morgan fingerprint density at radius 2 is 1.96 bits per heavy atom. The molecule has 3 aromatic rings. The minimum atomic E-state index is -0.732. The minimum Gasteiger partial charge on any atom is -0.490 e. The van der Waals surface area contributed by atoms with Crippen molar-refractivity contribution in [2.75, 3.05) is 7.11 Å². The average molecular weight is 422 g/mol. The molecule has 0 atom stereocenters. The first kappa shape index (κ1) is 19.7. The highest BCUT2D eigenvalue weighted by Gasteiger charge is 2.19. The lowest BCUT2D eigenvalue weighted by Gasteiger charge is -2.06. The Morgan fingerprint density at radius 3 is 2.68 bits per heavy atom. The number of benzene rings is 2. The summed E-state index contributed by atoms with van der Waals surface area (Å²) >= 11 is 12.2. The van der Waals surface area contributed by atoms with Crippen LogP contribution in [0.4, 0.5) is 5.69 Å². The van der Waals surface area contributed by atoms with E-state index in [0.29, 0.717) is 27.1 Å². The summed E-state index contributed by atoms with van der Waals surface area (Å²) in [5, 5.41) is 11.8. The van der Waals surface area contributed by atoms with Gasteiger partial charge in [-0.05, 0) is 36.4 Å². The fraction of sp³-hybridized carbons (Fsp3) is 0.105. The second kappa shape index (κ2) is 8.33. The van der Waals surface area contributed by atoms with Gasteiger partial charge in [-0.25, -0.2) is 4.79 Å². The average Bonchev–Trinajstić information content (AvgIpc) is 3.16. The predicted octanol–water partition coefficient (Wildman–Crippen LogP) is 5.53. The molecule has 0 aliphatic heterocycles. The summed E-state index contributed by atoms with van der Waals surface area (Å²) in [5.74, 6) is 0.168. The van der Waals surface area contributed by atoms with Crippen molar-refractivity contribution in [1.29, 1.82) is 0 Å². The number of carbonyl (C=O) groups is 1. The van der Waals surface area contributed by atoms with E-state index < -0.39 is 10.9 Å². The van der Waals surface area contributed by atoms with Gasteiger partial charge in [0.2, 0.25) is 0 Å². The third kappa shape index (κ3) is 4.11. The number of nitrogens with zero attached hydrogens (tertiary/aromatic N) is 1. The van der Waals surface area contributed by atoms with Crippen LogP contribution in [0.25, 0.3) is 11.3 Å². The van der Waals surface area contributed by atoms with E-state index in [9.17, 15) is 14.9 Å². The Hall–Kier alpha value is -3.03. The molecule has 2 aromatic carbocycles. The van der Waals surface area contributed by atoms with E-state index in [2.05, 4.69) is 0 Å². The molecule has 144 valence electrons. The van der Waals surface area contributed by atoms with Crippen molar-refractivity contribution in [2.45, 2.75) is 6.61 Å². The SMILES string of the molecule is COc1ccc(C(=O)OCc2ccc(-c3cccc(Cl)c3Cl)o2)cc1[N+](=O)[O-]. The molecule has 9 heteroatoms. The summed E-state index contributed by atoms with van der Waals surface area (Å²) in [4.78, 5) is 22.6. The van der Waals surface area contributed by atoms with Gasteiger partial charge in [-0.3, -0.25) is 10.1 Å². The van der Waals surface area contributed by atoms with E-state index in [4.69, 9.17) is 37.1 Å². The van der Waals surface area contributed by atoms with E-state index in [1.54, 1.807) is 30.3 Å². The molecule has 0 N–H and O–H groups in total. The molecule has 0 bridgehead atoms. The summed E-state index contributed by atoms with van der Waals surface area (Å²) in [5.41, 5.74) is 0.308. The molecular formula is C19H13Cl2NO6. The van der Waals surface area contributed by atoms with Crippen LogP contribution in [0.15, 0.2) is 52.9 Å². The van der Waals surface area contributed by atoms with Crippen LogP contribution in [-0.2, 0) is 11.3 Å². The second-order valence-electron chi connectivity index (χ2n) is 5.59. The molecule has 0 saturated heterocycles. The first-order valence-electron chi connectivity index (χ1n) is 7.93. The molecule has 3 rings (SSSR count). The number of nitro benzene ring substituents is 1. The van der Waals surface area contributed by atoms with Gasteiger partial charge in [0, 0.05) is 11.6 Å². The van der Waals surface area contributed by atoms with Crippen molar-refractivity contribution >= 4 is 34.9 Å². The number of hydrogen-bond acceptors (Lipinski definition) is 6. The van der Waals surface area contributed by atoms with Gasteiger partial charge >= 0.3 is 11.7 Å². The third-order valence-electron chi connectivity index (χ3n) is 3.84. The van der Waals surface area contributed by atoms with Crippen LogP contribution in [0.1, 0.15) is 16.1 Å². The van der Waals surface area contributed by atoms with Gasteiger partial charge in [0.25, 0.3) is 0 Å². The number of ether oxygens (including phenoxy) is 2. The molecule has 0 fully saturated rings. The summed E-state index contributed by atoms with van der Waals surface area (Å²) in [6.45, 7) is -0.156. The van der Waals surface area contributed by atoms with Crippen molar-refractivity contribution < 1.29 is 23.6 Å².